The van der Waals surface area contributed by atoms with Gasteiger partial charge in [-0.25, -0.2) is 4.39 Å². The van der Waals surface area contributed by atoms with Crippen LogP contribution in [0.4, 0.5) is 4.39 Å². The SMILES string of the molecule is [2H]C(F)[C@]1(COCc2ccccc2)OC(OC(C)=O)[C@H](OC(C)=O)[C@@H]1OCc1ccccc1. The predicted molar refractivity (Wildman–Crippen MR) is 112 cm³/mol. The Labute approximate surface area is 187 Å². The summed E-state index contributed by atoms with van der Waals surface area (Å²) in [7, 11) is 0. The molecule has 0 saturated carbocycles. The molecular weight excluding hydrogens is 419 g/mol. The van der Waals surface area contributed by atoms with Crippen molar-refractivity contribution in [3.05, 3.63) is 71.8 Å². The number of carbonyl (C=O) groups excluding carboxylic acids is 2. The third-order valence-electron chi connectivity index (χ3n) is 4.86. The quantitative estimate of drug-likeness (QED) is 0.517. The van der Waals surface area contributed by atoms with Gasteiger partial charge in [-0.05, 0) is 11.1 Å². The molecule has 0 spiro atoms. The number of esters is 2. The zero-order chi connectivity index (χ0) is 23.8. The van der Waals surface area contributed by atoms with Crippen LogP contribution in [0.2, 0.25) is 0 Å². The average molecular weight is 447 g/mol. The number of alkyl halides is 1. The molecule has 0 radical (unpaired) electrons. The van der Waals surface area contributed by atoms with Crippen molar-refractivity contribution in [1.29, 1.82) is 0 Å². The molecule has 2 aromatic rings. The molecule has 3 rings (SSSR count). The number of halogens is 1. The molecule has 0 bridgehead atoms. The van der Waals surface area contributed by atoms with Crippen molar-refractivity contribution in [3.8, 4) is 0 Å². The molecule has 0 amide bonds. The van der Waals surface area contributed by atoms with Gasteiger partial charge in [0.15, 0.2) is 11.7 Å². The fourth-order valence-corrected chi connectivity index (χ4v) is 3.47. The number of hydrogen-bond acceptors (Lipinski definition) is 7. The molecule has 2 aromatic carbocycles. The first-order valence-electron chi connectivity index (χ1n) is 10.8. The summed E-state index contributed by atoms with van der Waals surface area (Å²) in [6.07, 6.45) is -4.04. The van der Waals surface area contributed by atoms with Crippen molar-refractivity contribution in [2.24, 2.45) is 0 Å². The smallest absolute Gasteiger partial charge is 0.305 e. The molecular formula is C24H27FO7. The van der Waals surface area contributed by atoms with Crippen LogP contribution in [0.25, 0.3) is 0 Å². The second kappa shape index (κ2) is 11.2. The van der Waals surface area contributed by atoms with Crippen LogP contribution >= 0.6 is 0 Å². The van der Waals surface area contributed by atoms with Crippen molar-refractivity contribution >= 4 is 11.9 Å². The first kappa shape index (κ1) is 22.4. The van der Waals surface area contributed by atoms with Crippen molar-refractivity contribution in [2.75, 3.05) is 13.3 Å². The molecule has 5 atom stereocenters. The summed E-state index contributed by atoms with van der Waals surface area (Å²) in [5.74, 6) is -1.42. The zero-order valence-electron chi connectivity index (χ0n) is 18.9. The molecule has 32 heavy (non-hydrogen) atoms. The van der Waals surface area contributed by atoms with Crippen molar-refractivity contribution in [3.63, 3.8) is 0 Å². The standard InChI is InChI=1S/C24H27FO7/c1-17(26)30-21-22(29-14-20-11-7-4-8-12-20)24(15-25,32-23(21)31-18(2)27)16-28-13-19-9-5-3-6-10-19/h3-12,21-23H,13-16H2,1-2H3/t21-,22+,23?,24-/m1/s1/i15D/t15?,21-,22+,23?,24-. The summed E-state index contributed by atoms with van der Waals surface area (Å²) < 4.78 is 50.7. The van der Waals surface area contributed by atoms with Gasteiger partial charge >= 0.3 is 11.9 Å². The lowest BCUT2D eigenvalue weighted by molar-refractivity contribution is -0.214. The van der Waals surface area contributed by atoms with E-state index in [2.05, 4.69) is 0 Å². The Bertz CT molecular complexity index is 912. The van der Waals surface area contributed by atoms with E-state index in [0.717, 1.165) is 18.1 Å². The number of ether oxygens (including phenoxy) is 5. The summed E-state index contributed by atoms with van der Waals surface area (Å²) >= 11 is 0. The fourth-order valence-electron chi connectivity index (χ4n) is 3.47. The minimum Gasteiger partial charge on any atom is -0.453 e. The van der Waals surface area contributed by atoms with E-state index in [9.17, 15) is 14.0 Å². The van der Waals surface area contributed by atoms with Crippen LogP contribution in [-0.4, -0.2) is 49.3 Å². The second-order valence-electron chi connectivity index (χ2n) is 7.43. The van der Waals surface area contributed by atoms with Gasteiger partial charge in [-0.1, -0.05) is 60.7 Å². The molecule has 2 unspecified atom stereocenters. The molecule has 1 fully saturated rings. The predicted octanol–water partition coefficient (Wildman–Crippen LogP) is 3.35. The Kier molecular flexibility index (Phi) is 7.82. The maximum absolute atomic E-state index is 14.9. The summed E-state index contributed by atoms with van der Waals surface area (Å²) in [6.45, 7) is -0.298. The normalized spacial score (nSPS) is 26.2. The number of benzene rings is 2. The van der Waals surface area contributed by atoms with Crippen LogP contribution < -0.4 is 0 Å². The first-order chi connectivity index (χ1) is 15.8. The van der Waals surface area contributed by atoms with Gasteiger partial charge in [0.25, 0.3) is 0 Å². The number of carbonyl (C=O) groups is 2. The van der Waals surface area contributed by atoms with E-state index in [1.165, 1.54) is 6.92 Å². The maximum Gasteiger partial charge on any atom is 0.305 e. The highest BCUT2D eigenvalue weighted by Crippen LogP contribution is 2.38. The van der Waals surface area contributed by atoms with E-state index in [1.807, 2.05) is 48.5 Å². The van der Waals surface area contributed by atoms with Crippen LogP contribution in [0.15, 0.2) is 60.7 Å². The minimum atomic E-state index is -2.35. The van der Waals surface area contributed by atoms with Gasteiger partial charge in [0.2, 0.25) is 6.29 Å². The highest BCUT2D eigenvalue weighted by atomic mass is 19.1. The Morgan fingerprint density at radius 3 is 2.06 bits per heavy atom. The van der Waals surface area contributed by atoms with E-state index in [-0.39, 0.29) is 13.2 Å². The topological polar surface area (TPSA) is 80.3 Å². The Morgan fingerprint density at radius 2 is 1.53 bits per heavy atom. The fraction of sp³-hybridized carbons (Fsp3) is 0.417. The Morgan fingerprint density at radius 1 is 0.969 bits per heavy atom. The van der Waals surface area contributed by atoms with Crippen molar-refractivity contribution in [2.45, 2.75) is 51.2 Å². The molecule has 7 nitrogen and oxygen atoms in total. The molecule has 172 valence electrons. The van der Waals surface area contributed by atoms with Gasteiger partial charge in [0.1, 0.15) is 12.8 Å². The Hall–Kier alpha value is -2.81. The van der Waals surface area contributed by atoms with Gasteiger partial charge in [-0.3, -0.25) is 9.59 Å². The molecule has 1 aliphatic heterocycles. The third kappa shape index (κ3) is 6.12. The zero-order valence-corrected chi connectivity index (χ0v) is 17.9. The first-order valence-corrected chi connectivity index (χ1v) is 10.2. The van der Waals surface area contributed by atoms with Gasteiger partial charge in [0, 0.05) is 13.8 Å². The molecule has 0 aliphatic carbocycles. The summed E-state index contributed by atoms with van der Waals surface area (Å²) in [6, 6.07) is 18.3. The van der Waals surface area contributed by atoms with Crippen LogP contribution in [0.3, 0.4) is 0 Å². The lowest BCUT2D eigenvalue weighted by Crippen LogP contribution is -2.51. The molecule has 1 heterocycles. The van der Waals surface area contributed by atoms with Crippen LogP contribution in [0, 0.1) is 0 Å². The lowest BCUT2D eigenvalue weighted by Gasteiger charge is -2.32. The lowest BCUT2D eigenvalue weighted by atomic mass is 9.97. The molecule has 0 aromatic heterocycles. The van der Waals surface area contributed by atoms with Gasteiger partial charge < -0.3 is 23.7 Å². The third-order valence-corrected chi connectivity index (χ3v) is 4.86. The number of rotatable bonds is 10. The van der Waals surface area contributed by atoms with Crippen LogP contribution in [-0.2, 0) is 46.5 Å². The van der Waals surface area contributed by atoms with E-state index in [1.54, 1.807) is 12.1 Å². The van der Waals surface area contributed by atoms with E-state index in [0.29, 0.717) is 0 Å². The van der Waals surface area contributed by atoms with E-state index >= 15 is 0 Å². The van der Waals surface area contributed by atoms with Crippen LogP contribution in [0.5, 0.6) is 0 Å². The number of hydrogen-bond donors (Lipinski definition) is 0. The second-order valence-corrected chi connectivity index (χ2v) is 7.43. The molecule has 8 heteroatoms. The van der Waals surface area contributed by atoms with E-state index < -0.39 is 49.3 Å². The largest absolute Gasteiger partial charge is 0.453 e. The molecule has 1 saturated heterocycles. The summed E-state index contributed by atoms with van der Waals surface area (Å²) in [5, 5.41) is 0. The molecule has 1 aliphatic rings. The maximum atomic E-state index is 14.9. The highest BCUT2D eigenvalue weighted by molar-refractivity contribution is 5.67. The van der Waals surface area contributed by atoms with Crippen molar-refractivity contribution < 1.29 is 39.0 Å². The Balaban J connectivity index is 1.88. The molecule has 0 N–H and O–H groups in total. The van der Waals surface area contributed by atoms with Gasteiger partial charge in [-0.2, -0.15) is 0 Å². The highest BCUT2D eigenvalue weighted by Gasteiger charge is 2.60. The average Bonchev–Trinajstić information content (AvgIpc) is 3.06. The van der Waals surface area contributed by atoms with Crippen molar-refractivity contribution in [1.82, 2.24) is 0 Å². The summed E-state index contributed by atoms with van der Waals surface area (Å²) in [4.78, 5) is 23.4. The minimum absolute atomic E-state index is 0.0204. The van der Waals surface area contributed by atoms with Gasteiger partial charge in [-0.15, -0.1) is 0 Å². The monoisotopic (exact) mass is 447 g/mol. The van der Waals surface area contributed by atoms with Crippen LogP contribution in [0.1, 0.15) is 26.3 Å². The van der Waals surface area contributed by atoms with Gasteiger partial charge in [0.05, 0.1) is 21.2 Å². The summed E-state index contributed by atoms with van der Waals surface area (Å²) in [5.41, 5.74) is -0.403. The van der Waals surface area contributed by atoms with E-state index in [4.69, 9.17) is 25.1 Å².